The average molecular weight is 967 g/mol. The van der Waals surface area contributed by atoms with Crippen molar-refractivity contribution in [3.05, 3.63) is 99.2 Å². The predicted octanol–water partition coefficient (Wildman–Crippen LogP) is 7.19. The minimum atomic E-state index is -1.73. The Labute approximate surface area is 408 Å². The quantitative estimate of drug-likeness (QED) is 0.0431. The molecule has 1 spiro atoms. The third-order valence-electron chi connectivity index (χ3n) is 14.6. The van der Waals surface area contributed by atoms with E-state index in [1.54, 1.807) is 19.1 Å². The number of ketones is 2. The Morgan fingerprint density at radius 2 is 1.61 bits per heavy atom. The zero-order valence-electron chi connectivity index (χ0n) is 41.5. The van der Waals surface area contributed by atoms with E-state index in [1.165, 1.54) is 24.3 Å². The van der Waals surface area contributed by atoms with Gasteiger partial charge in [0.1, 0.15) is 52.8 Å². The molecule has 7 aliphatic rings. The van der Waals surface area contributed by atoms with Gasteiger partial charge in [-0.25, -0.2) is 9.59 Å². The number of hydrogen-bond donors (Lipinski definition) is 4. The summed E-state index contributed by atoms with van der Waals surface area (Å²) in [5, 5.41) is 40.7. The fraction of sp³-hybridized carbons (Fsp3) is 0.527. The van der Waals surface area contributed by atoms with Crippen LogP contribution in [0.2, 0.25) is 0 Å². The first-order chi connectivity index (χ1) is 33.1. The molecule has 2 saturated heterocycles. The molecule has 0 radical (unpaired) electrons. The number of carbonyl (C=O) groups is 4. The number of rotatable bonds is 16. The Bertz CT molecular complexity index is 2590. The van der Waals surface area contributed by atoms with Gasteiger partial charge in [0.05, 0.1) is 29.9 Å². The van der Waals surface area contributed by atoms with E-state index in [-0.39, 0.29) is 59.2 Å². The highest BCUT2D eigenvalue weighted by Crippen LogP contribution is 2.69. The van der Waals surface area contributed by atoms with Crippen LogP contribution in [0.1, 0.15) is 133 Å². The van der Waals surface area contributed by atoms with Crippen LogP contribution in [0.15, 0.2) is 76.9 Å². The van der Waals surface area contributed by atoms with E-state index in [0.717, 1.165) is 17.6 Å². The van der Waals surface area contributed by atoms with E-state index in [0.29, 0.717) is 48.1 Å². The molecule has 2 aromatic rings. The lowest BCUT2D eigenvalue weighted by Gasteiger charge is -2.56. The summed E-state index contributed by atoms with van der Waals surface area (Å²) in [5.74, 6) is -2.82. The maximum atomic E-state index is 15.8. The number of ether oxygens (including phenoxy) is 7. The molecule has 0 amide bonds. The van der Waals surface area contributed by atoms with Gasteiger partial charge in [0, 0.05) is 35.0 Å². The number of fused-ring (bicyclic) bond motifs is 2. The monoisotopic (exact) mass is 966 g/mol. The molecular weight excluding hydrogens is 901 g/mol. The number of unbranched alkanes of at least 4 members (excludes halogenated alkanes) is 1. The topological polar surface area (TPSA) is 214 Å². The van der Waals surface area contributed by atoms with Crippen molar-refractivity contribution < 1.29 is 72.8 Å². The number of Topliss-reactive ketones (excluding diaryl/α,β-unsaturated/α-hetero) is 2. The zero-order valence-corrected chi connectivity index (χ0v) is 41.5. The maximum absolute atomic E-state index is 15.8. The van der Waals surface area contributed by atoms with Crippen LogP contribution in [0.3, 0.4) is 0 Å². The molecular formula is C55H66O15. The fourth-order valence-electron chi connectivity index (χ4n) is 10.8. The normalized spacial score (nSPS) is 31.0. The zero-order chi connectivity index (χ0) is 50.7. The molecule has 10 atom stereocenters. The van der Waals surface area contributed by atoms with Crippen molar-refractivity contribution in [1.82, 2.24) is 0 Å². The van der Waals surface area contributed by atoms with Crippen LogP contribution in [-0.4, -0.2) is 110 Å². The van der Waals surface area contributed by atoms with Crippen molar-refractivity contribution in [2.45, 2.75) is 160 Å². The first kappa shape index (κ1) is 51.0. The van der Waals surface area contributed by atoms with Crippen molar-refractivity contribution >= 4 is 29.6 Å². The summed E-state index contributed by atoms with van der Waals surface area (Å²) < 4.78 is 44.7. The second-order valence-corrected chi connectivity index (χ2v) is 20.7. The summed E-state index contributed by atoms with van der Waals surface area (Å²) in [6.07, 6.45) is 7.02. The minimum Gasteiger partial charge on any atom is -0.482 e. The lowest BCUT2D eigenvalue weighted by Crippen LogP contribution is -2.72. The molecule has 4 aliphatic heterocycles. The van der Waals surface area contributed by atoms with E-state index in [2.05, 4.69) is 6.08 Å². The molecule has 70 heavy (non-hydrogen) atoms. The van der Waals surface area contributed by atoms with Gasteiger partial charge in [-0.15, -0.1) is 0 Å². The number of allylic oxidation sites excluding steroid dienone is 5. The van der Waals surface area contributed by atoms with Crippen LogP contribution >= 0.6 is 0 Å². The van der Waals surface area contributed by atoms with E-state index >= 15 is 4.79 Å². The van der Waals surface area contributed by atoms with Gasteiger partial charge in [0.15, 0.2) is 28.5 Å². The molecule has 3 aliphatic carbocycles. The summed E-state index contributed by atoms with van der Waals surface area (Å²) in [6.45, 7) is 17.0. The highest BCUT2D eigenvalue weighted by Gasteiger charge is 2.81. The first-order valence-corrected chi connectivity index (χ1v) is 24.3. The van der Waals surface area contributed by atoms with Crippen molar-refractivity contribution in [3.8, 4) is 23.0 Å². The summed E-state index contributed by atoms with van der Waals surface area (Å²) >= 11 is 0. The van der Waals surface area contributed by atoms with E-state index < -0.39 is 89.3 Å². The summed E-state index contributed by atoms with van der Waals surface area (Å²) in [5.41, 5.74) is -1.63. The number of esters is 2. The molecule has 1 saturated carbocycles. The van der Waals surface area contributed by atoms with Crippen LogP contribution in [0.4, 0.5) is 0 Å². The smallest absolute Gasteiger partial charge is 0.343 e. The van der Waals surface area contributed by atoms with Crippen LogP contribution in [0.5, 0.6) is 23.0 Å². The van der Waals surface area contributed by atoms with Crippen molar-refractivity contribution in [3.63, 3.8) is 0 Å². The van der Waals surface area contributed by atoms with Gasteiger partial charge in [-0.3, -0.25) is 9.59 Å². The van der Waals surface area contributed by atoms with Gasteiger partial charge in [-0.1, -0.05) is 48.8 Å². The molecule has 0 aromatic heterocycles. The second kappa shape index (κ2) is 19.3. The molecule has 15 nitrogen and oxygen atoms in total. The SMILES string of the molecule is CCCCOC(=O)/C(C)=C\CC12OC(C)(C)C3CC(C=C4C(=O)c5c(OC(=O)c6ccc(O[C@@H]7O[C@H](CO)[C@@H](O)[C@H](O)[C@H]7O)cc6)c6c(c(CC=C(C)C)c5OC431)OC(C)(CCC=C(C)C)C=C6)C2=O. The third-order valence-corrected chi connectivity index (χ3v) is 14.6. The number of hydrogen-bond acceptors (Lipinski definition) is 15. The summed E-state index contributed by atoms with van der Waals surface area (Å²) in [4.78, 5) is 58.4. The molecule has 2 aromatic carbocycles. The number of benzene rings is 2. The largest absolute Gasteiger partial charge is 0.482 e. The van der Waals surface area contributed by atoms with Gasteiger partial charge >= 0.3 is 11.9 Å². The molecule has 376 valence electrons. The number of aliphatic hydroxyl groups is 4. The second-order valence-electron chi connectivity index (χ2n) is 20.7. The van der Waals surface area contributed by atoms with Gasteiger partial charge in [-0.05, 0) is 124 Å². The molecule has 4 N–H and O–H groups in total. The van der Waals surface area contributed by atoms with E-state index in [9.17, 15) is 34.8 Å². The highest BCUT2D eigenvalue weighted by molar-refractivity contribution is 6.19. The Balaban J connectivity index is 1.25. The Kier molecular flexibility index (Phi) is 14.0. The number of carbonyl (C=O) groups excluding carboxylic acids is 4. The molecule has 3 fully saturated rings. The maximum Gasteiger partial charge on any atom is 0.343 e. The first-order valence-electron chi connectivity index (χ1n) is 24.3. The third kappa shape index (κ3) is 8.76. The number of aliphatic hydroxyl groups excluding tert-OH is 4. The Morgan fingerprint density at radius 1 is 0.900 bits per heavy atom. The lowest BCUT2D eigenvalue weighted by molar-refractivity contribution is -0.277. The van der Waals surface area contributed by atoms with E-state index in [4.69, 9.17) is 33.2 Å². The van der Waals surface area contributed by atoms with Crippen LogP contribution in [0.25, 0.3) is 6.08 Å². The molecule has 15 heteroatoms. The van der Waals surface area contributed by atoms with Crippen LogP contribution < -0.4 is 18.9 Å². The van der Waals surface area contributed by atoms with Gasteiger partial charge < -0.3 is 53.6 Å². The predicted molar refractivity (Wildman–Crippen MR) is 257 cm³/mol. The van der Waals surface area contributed by atoms with Gasteiger partial charge in [-0.2, -0.15) is 0 Å². The molecule has 4 heterocycles. The summed E-state index contributed by atoms with van der Waals surface area (Å²) in [7, 11) is 0. The molecule has 5 unspecified atom stereocenters. The molecule has 9 rings (SSSR count). The van der Waals surface area contributed by atoms with Gasteiger partial charge in [0.2, 0.25) is 6.29 Å². The lowest BCUT2D eigenvalue weighted by atomic mass is 9.51. The molecule has 4 bridgehead atoms. The van der Waals surface area contributed by atoms with E-state index in [1.807, 2.05) is 73.6 Å². The Morgan fingerprint density at radius 3 is 2.29 bits per heavy atom. The standard InChI is InChI=1S/C55H66O15/c1-10-11-25-64-49(62)31(6)20-24-54-48(61)33-26-37-41(57)40-46(67-50(63)32-15-17-34(18-16-32)65-51-44(60)43(59)42(58)38(28-56)66-51)36-21-23-53(9,22-12-13-29(2)3)68-45(36)35(19-14-30(4)5)47(40)69-55(37,54)39(27-33)52(7,8)70-54/h13-18,20-21,23,26,33,38-39,42-44,51,56,58-60H,10-12,19,22,24-25,27-28H2,1-9H3/b31-20-/t33?,38-,39?,42-,43+,44-,51-,53?,54?,55?/m1/s1. The highest BCUT2D eigenvalue weighted by atomic mass is 16.7. The summed E-state index contributed by atoms with van der Waals surface area (Å²) in [6, 6.07) is 5.66. The minimum absolute atomic E-state index is 0.0105. The van der Waals surface area contributed by atoms with Crippen molar-refractivity contribution in [2.75, 3.05) is 13.2 Å². The van der Waals surface area contributed by atoms with Crippen LogP contribution in [0, 0.1) is 11.8 Å². The average Bonchev–Trinajstić information content (AvgIpc) is 3.47. The van der Waals surface area contributed by atoms with Crippen LogP contribution in [-0.2, 0) is 30.2 Å². The fourth-order valence-corrected chi connectivity index (χ4v) is 10.8. The van der Waals surface area contributed by atoms with Crippen molar-refractivity contribution in [2.24, 2.45) is 11.8 Å². The Hall–Kier alpha value is -5.42. The van der Waals surface area contributed by atoms with Gasteiger partial charge in [0.25, 0.3) is 0 Å². The van der Waals surface area contributed by atoms with Crippen molar-refractivity contribution in [1.29, 1.82) is 0 Å².